The summed E-state index contributed by atoms with van der Waals surface area (Å²) in [4.78, 5) is 15.8. The lowest BCUT2D eigenvalue weighted by molar-refractivity contribution is -0.108. The SMILES string of the molecule is CC1(C)[C@H](NC(=O)c2ccc3[nH]c(=S)oc3c2)[C@H]2CCO[C@@H]21. The lowest BCUT2D eigenvalue weighted by atomic mass is 9.57. The minimum atomic E-state index is -0.0763. The first-order chi connectivity index (χ1) is 10.5. The molecule has 0 bridgehead atoms. The molecule has 4 rings (SSSR count). The highest BCUT2D eigenvalue weighted by Gasteiger charge is 2.59. The van der Waals surface area contributed by atoms with Crippen LogP contribution in [-0.4, -0.2) is 29.6 Å². The number of hydrogen-bond acceptors (Lipinski definition) is 4. The van der Waals surface area contributed by atoms with Crippen molar-refractivity contribution in [2.24, 2.45) is 11.3 Å². The van der Waals surface area contributed by atoms with Gasteiger partial charge in [0.05, 0.1) is 11.6 Å². The van der Waals surface area contributed by atoms with Crippen LogP contribution in [-0.2, 0) is 4.74 Å². The summed E-state index contributed by atoms with van der Waals surface area (Å²) in [6.07, 6.45) is 1.28. The van der Waals surface area contributed by atoms with E-state index in [1.807, 2.05) is 6.07 Å². The maximum atomic E-state index is 12.5. The molecule has 1 aliphatic heterocycles. The van der Waals surface area contributed by atoms with Crippen LogP contribution >= 0.6 is 12.2 Å². The van der Waals surface area contributed by atoms with Crippen molar-refractivity contribution in [3.63, 3.8) is 0 Å². The molecule has 2 fully saturated rings. The molecule has 2 aliphatic rings. The maximum absolute atomic E-state index is 12.5. The van der Waals surface area contributed by atoms with Crippen LogP contribution in [0.3, 0.4) is 0 Å². The Morgan fingerprint density at radius 2 is 2.27 bits per heavy atom. The second-order valence-electron chi connectivity index (χ2n) is 6.74. The van der Waals surface area contributed by atoms with Crippen molar-refractivity contribution in [3.8, 4) is 0 Å². The molecule has 1 aromatic heterocycles. The van der Waals surface area contributed by atoms with Crippen LogP contribution in [0.2, 0.25) is 0 Å². The van der Waals surface area contributed by atoms with Gasteiger partial charge >= 0.3 is 0 Å². The molecule has 2 heterocycles. The molecule has 6 heteroatoms. The number of amides is 1. The first-order valence-electron chi connectivity index (χ1n) is 7.52. The zero-order valence-electron chi connectivity index (χ0n) is 12.5. The Morgan fingerprint density at radius 1 is 1.45 bits per heavy atom. The van der Waals surface area contributed by atoms with Gasteiger partial charge in [-0.05, 0) is 36.8 Å². The van der Waals surface area contributed by atoms with Gasteiger partial charge in [0.2, 0.25) is 0 Å². The summed E-state index contributed by atoms with van der Waals surface area (Å²) in [5, 5.41) is 3.17. The molecular formula is C16H18N2O3S. The van der Waals surface area contributed by atoms with E-state index in [4.69, 9.17) is 21.4 Å². The van der Waals surface area contributed by atoms with Gasteiger partial charge in [0, 0.05) is 29.5 Å². The highest BCUT2D eigenvalue weighted by atomic mass is 32.1. The van der Waals surface area contributed by atoms with Crippen molar-refractivity contribution in [2.45, 2.75) is 32.4 Å². The molecule has 1 saturated heterocycles. The number of carbonyl (C=O) groups excluding carboxylic acids is 1. The fourth-order valence-electron chi connectivity index (χ4n) is 3.93. The molecule has 0 unspecified atom stereocenters. The normalized spacial score (nSPS) is 29.1. The van der Waals surface area contributed by atoms with E-state index < -0.39 is 0 Å². The Hall–Kier alpha value is -1.66. The molecule has 22 heavy (non-hydrogen) atoms. The Bertz CT molecular complexity index is 807. The number of fused-ring (bicyclic) bond motifs is 2. The molecule has 116 valence electrons. The predicted octanol–water partition coefficient (Wildman–Crippen LogP) is 3.03. The van der Waals surface area contributed by atoms with Crippen molar-refractivity contribution >= 4 is 29.2 Å². The quantitative estimate of drug-likeness (QED) is 0.835. The molecule has 5 nitrogen and oxygen atoms in total. The van der Waals surface area contributed by atoms with Gasteiger partial charge in [-0.15, -0.1) is 0 Å². The van der Waals surface area contributed by atoms with E-state index in [2.05, 4.69) is 24.1 Å². The van der Waals surface area contributed by atoms with Gasteiger partial charge in [-0.3, -0.25) is 4.79 Å². The Kier molecular flexibility index (Phi) is 2.96. The number of rotatable bonds is 2. The number of aromatic nitrogens is 1. The lowest BCUT2D eigenvalue weighted by Gasteiger charge is -2.54. The fourth-order valence-corrected chi connectivity index (χ4v) is 4.13. The largest absolute Gasteiger partial charge is 0.429 e. The van der Waals surface area contributed by atoms with Crippen LogP contribution in [0.5, 0.6) is 0 Å². The lowest BCUT2D eigenvalue weighted by Crippen LogP contribution is -2.66. The number of carbonyl (C=O) groups is 1. The van der Waals surface area contributed by atoms with Crippen molar-refractivity contribution < 1.29 is 13.9 Å². The molecule has 1 aromatic carbocycles. The summed E-state index contributed by atoms with van der Waals surface area (Å²) < 4.78 is 11.1. The average molecular weight is 318 g/mol. The maximum Gasteiger partial charge on any atom is 0.266 e. The van der Waals surface area contributed by atoms with E-state index in [0.717, 1.165) is 18.5 Å². The van der Waals surface area contributed by atoms with E-state index >= 15 is 0 Å². The zero-order chi connectivity index (χ0) is 15.5. The number of aromatic amines is 1. The molecule has 0 spiro atoms. The standard InChI is InChI=1S/C16H18N2O3S/c1-16(2)12(9-5-6-20-13(9)16)18-14(19)8-3-4-10-11(7-8)21-15(22)17-10/h3-4,7,9,12-13H,5-6H2,1-2H3,(H,17,22)(H,18,19)/t9-,12-,13+/m1/s1. The third-order valence-corrected chi connectivity index (χ3v) is 5.26. The van der Waals surface area contributed by atoms with E-state index in [1.165, 1.54) is 0 Å². The average Bonchev–Trinajstić information content (AvgIpc) is 3.07. The molecule has 1 saturated carbocycles. The third-order valence-electron chi connectivity index (χ3n) is 5.07. The second-order valence-corrected chi connectivity index (χ2v) is 7.11. The summed E-state index contributed by atoms with van der Waals surface area (Å²) in [5.41, 5.74) is 1.97. The second kappa shape index (κ2) is 4.67. The van der Waals surface area contributed by atoms with Crippen LogP contribution < -0.4 is 5.32 Å². The van der Waals surface area contributed by atoms with E-state index in [0.29, 0.717) is 21.9 Å². The van der Waals surface area contributed by atoms with Gasteiger partial charge in [0.15, 0.2) is 5.58 Å². The molecule has 1 amide bonds. The van der Waals surface area contributed by atoms with Crippen LogP contribution in [0, 0.1) is 16.2 Å². The fraction of sp³-hybridized carbons (Fsp3) is 0.500. The van der Waals surface area contributed by atoms with Gasteiger partial charge in [-0.25, -0.2) is 0 Å². The van der Waals surface area contributed by atoms with Crippen LogP contribution in [0.15, 0.2) is 22.6 Å². The topological polar surface area (TPSA) is 67.3 Å². The van der Waals surface area contributed by atoms with E-state index in [9.17, 15) is 4.79 Å². The van der Waals surface area contributed by atoms with Gasteiger partial charge in [0.1, 0.15) is 0 Å². The smallest absolute Gasteiger partial charge is 0.266 e. The van der Waals surface area contributed by atoms with E-state index in [-0.39, 0.29) is 23.5 Å². The van der Waals surface area contributed by atoms with E-state index in [1.54, 1.807) is 12.1 Å². The number of oxazole rings is 1. The highest BCUT2D eigenvalue weighted by Crippen LogP contribution is 2.52. The Morgan fingerprint density at radius 3 is 3.09 bits per heavy atom. The van der Waals surface area contributed by atoms with Gasteiger partial charge < -0.3 is 19.5 Å². The zero-order valence-corrected chi connectivity index (χ0v) is 13.3. The Balaban J connectivity index is 1.57. The van der Waals surface area contributed by atoms with Crippen molar-refractivity contribution in [1.29, 1.82) is 0 Å². The number of benzene rings is 1. The summed E-state index contributed by atoms with van der Waals surface area (Å²) in [7, 11) is 0. The van der Waals surface area contributed by atoms with Crippen molar-refractivity contribution in [2.75, 3.05) is 6.61 Å². The highest BCUT2D eigenvalue weighted by molar-refractivity contribution is 7.71. The van der Waals surface area contributed by atoms with Crippen LogP contribution in [0.1, 0.15) is 30.6 Å². The van der Waals surface area contributed by atoms with Crippen molar-refractivity contribution in [3.05, 3.63) is 28.6 Å². The van der Waals surface area contributed by atoms with Crippen molar-refractivity contribution in [1.82, 2.24) is 10.3 Å². The first-order valence-corrected chi connectivity index (χ1v) is 7.93. The predicted molar refractivity (Wildman–Crippen MR) is 84.3 cm³/mol. The number of ether oxygens (including phenoxy) is 1. The van der Waals surface area contributed by atoms with Crippen LogP contribution in [0.25, 0.3) is 11.1 Å². The van der Waals surface area contributed by atoms with Gasteiger partial charge in [0.25, 0.3) is 10.7 Å². The molecule has 2 aromatic rings. The summed E-state index contributed by atoms with van der Waals surface area (Å²) in [5.74, 6) is 0.353. The number of hydrogen-bond donors (Lipinski definition) is 2. The number of H-pyrrole nitrogens is 1. The molecule has 3 atom stereocenters. The molecular weight excluding hydrogens is 300 g/mol. The summed E-state index contributed by atoms with van der Waals surface area (Å²) in [6, 6.07) is 5.48. The first kappa shape index (κ1) is 14.0. The monoisotopic (exact) mass is 318 g/mol. The molecule has 0 radical (unpaired) electrons. The third kappa shape index (κ3) is 1.94. The molecule has 2 N–H and O–H groups in total. The minimum Gasteiger partial charge on any atom is -0.429 e. The molecule has 1 aliphatic carbocycles. The number of nitrogens with one attached hydrogen (secondary N) is 2. The van der Waals surface area contributed by atoms with Gasteiger partial charge in [-0.1, -0.05) is 13.8 Å². The summed E-state index contributed by atoms with van der Waals surface area (Å²) >= 11 is 4.96. The van der Waals surface area contributed by atoms with Crippen LogP contribution in [0.4, 0.5) is 0 Å². The minimum absolute atomic E-state index is 0.0207. The van der Waals surface area contributed by atoms with Gasteiger partial charge in [-0.2, -0.15) is 0 Å². The Labute approximate surface area is 133 Å². The summed E-state index contributed by atoms with van der Waals surface area (Å²) in [6.45, 7) is 5.10.